The molecule has 33 heteroatoms. The minimum Gasteiger partial charge on any atom is -0.394 e. The molecule has 0 aromatic rings. The van der Waals surface area contributed by atoms with Gasteiger partial charge >= 0.3 is 0 Å². The fourth-order valence-corrected chi connectivity index (χ4v) is 7.69. The van der Waals surface area contributed by atoms with Gasteiger partial charge in [-0.05, 0) is 0 Å². The van der Waals surface area contributed by atoms with E-state index in [1.807, 2.05) is 0 Å². The van der Waals surface area contributed by atoms with Crippen LogP contribution in [0.25, 0.3) is 0 Å². The summed E-state index contributed by atoms with van der Waals surface area (Å²) in [6.07, 6.45) is -20.5. The van der Waals surface area contributed by atoms with Gasteiger partial charge in [0.2, 0.25) is 17.7 Å². The van der Waals surface area contributed by atoms with E-state index in [-0.39, 0.29) is 201 Å². The van der Waals surface area contributed by atoms with Crippen molar-refractivity contribution in [3.05, 3.63) is 0 Å². The lowest BCUT2D eigenvalue weighted by Gasteiger charge is -2.39. The molecule has 0 aliphatic carbocycles. The molecule has 15 atom stereocenters. The Kier molecular flexibility index (Phi) is 40.1. The van der Waals surface area contributed by atoms with Crippen molar-refractivity contribution in [2.24, 2.45) is 5.92 Å². The Hall–Kier alpha value is -2.67. The molecule has 33 nitrogen and oxygen atoms in total. The van der Waals surface area contributed by atoms with E-state index in [4.69, 9.17) is 71.1 Å². The quantitative estimate of drug-likeness (QED) is 0.0252. The first-order valence-electron chi connectivity index (χ1n) is 27.4. The van der Waals surface area contributed by atoms with Crippen LogP contribution >= 0.6 is 0 Å². The van der Waals surface area contributed by atoms with Gasteiger partial charge in [-0.25, -0.2) is 0 Å². The van der Waals surface area contributed by atoms with Crippen LogP contribution in [0.3, 0.4) is 0 Å². The molecule has 3 saturated heterocycles. The first kappa shape index (κ1) is 73.6. The summed E-state index contributed by atoms with van der Waals surface area (Å²) in [7, 11) is 0. The predicted octanol–water partition coefficient (Wildman–Crippen LogP) is -9.28. The summed E-state index contributed by atoms with van der Waals surface area (Å²) in [5, 5.41) is 125. The van der Waals surface area contributed by atoms with Gasteiger partial charge in [0.05, 0.1) is 159 Å². The molecule has 0 saturated carbocycles. The third-order valence-electron chi connectivity index (χ3n) is 12.4. The highest BCUT2D eigenvalue weighted by Gasteiger charge is 2.46. The van der Waals surface area contributed by atoms with Crippen LogP contribution in [-0.4, -0.2) is 349 Å². The van der Waals surface area contributed by atoms with Crippen LogP contribution in [0, 0.1) is 5.92 Å². The third-order valence-corrected chi connectivity index (χ3v) is 12.4. The zero-order valence-corrected chi connectivity index (χ0v) is 46.2. The van der Waals surface area contributed by atoms with Crippen LogP contribution in [0.1, 0.15) is 19.3 Å². The highest BCUT2D eigenvalue weighted by atomic mass is 16.7. The van der Waals surface area contributed by atoms with Gasteiger partial charge in [-0.2, -0.15) is 0 Å². The lowest BCUT2D eigenvalue weighted by molar-refractivity contribution is -0.302. The monoisotopic (exact) mass is 1200 g/mol. The summed E-state index contributed by atoms with van der Waals surface area (Å²) in [6.45, 7) is 1.74. The summed E-state index contributed by atoms with van der Waals surface area (Å²) in [5.41, 5.74) is 0. The van der Waals surface area contributed by atoms with E-state index in [9.17, 15) is 75.7 Å². The zero-order chi connectivity index (χ0) is 59.9. The molecular weight excluding hydrogens is 1110 g/mol. The number of carbonyl (C=O) groups excluding carboxylic acids is 3. The Balaban J connectivity index is 1.24. The molecule has 0 aromatic carbocycles. The lowest BCUT2D eigenvalue weighted by Crippen LogP contribution is -2.59. The van der Waals surface area contributed by atoms with Crippen molar-refractivity contribution in [2.45, 2.75) is 111 Å². The van der Waals surface area contributed by atoms with Gasteiger partial charge in [-0.15, -0.1) is 0 Å². The Labute approximate surface area is 475 Å². The molecule has 3 aliphatic rings. The van der Waals surface area contributed by atoms with Gasteiger partial charge in [0.25, 0.3) is 0 Å². The molecule has 3 fully saturated rings. The average molecular weight is 1200 g/mol. The van der Waals surface area contributed by atoms with Gasteiger partial charge in [0.15, 0.2) is 18.9 Å². The largest absolute Gasteiger partial charge is 0.394 e. The van der Waals surface area contributed by atoms with Crippen molar-refractivity contribution in [1.29, 1.82) is 0 Å². The number of ether oxygens (including phenoxy) is 15. The summed E-state index contributed by atoms with van der Waals surface area (Å²) in [4.78, 5) is 37.3. The van der Waals surface area contributed by atoms with Crippen LogP contribution in [0.5, 0.6) is 0 Å². The van der Waals surface area contributed by atoms with Crippen molar-refractivity contribution < 1.29 is 147 Å². The maximum Gasteiger partial charge on any atom is 0.222 e. The Morgan fingerprint density at radius 2 is 0.561 bits per heavy atom. The molecule has 0 radical (unpaired) electrons. The minimum absolute atomic E-state index is 0.00922. The Morgan fingerprint density at radius 3 is 0.817 bits per heavy atom. The van der Waals surface area contributed by atoms with Crippen molar-refractivity contribution >= 4 is 17.7 Å². The average Bonchev–Trinajstić information content (AvgIpc) is 3.68. The van der Waals surface area contributed by atoms with Crippen LogP contribution in [0.2, 0.25) is 0 Å². The SMILES string of the molecule is O=C(CCOCC(COCCC(=O)NCCOCCOCCO[C@H]1OC(CO)[C@@H](O)C(O)C1O)COCCC(=O)NCCOCCOCCO[C@H]1OC(CO)[C@H](O)C(O)C1O)NCCOCCOCCO[C@H]1OC(CO)[C@@H](O)C(O)C1O. The normalized spacial score (nSPS) is 28.9. The number of hydrogen-bond acceptors (Lipinski definition) is 30. The maximum absolute atomic E-state index is 12.4. The number of amides is 3. The van der Waals surface area contributed by atoms with E-state index in [1.54, 1.807) is 0 Å². The summed E-state index contributed by atoms with van der Waals surface area (Å²) >= 11 is 0. The number of carbonyl (C=O) groups is 3. The van der Waals surface area contributed by atoms with E-state index in [2.05, 4.69) is 16.0 Å². The first-order chi connectivity index (χ1) is 39.6. The van der Waals surface area contributed by atoms with Crippen molar-refractivity contribution in [2.75, 3.05) is 178 Å². The molecule has 0 aromatic heterocycles. The maximum atomic E-state index is 12.4. The molecule has 482 valence electrons. The summed E-state index contributed by atoms with van der Waals surface area (Å²) < 4.78 is 81.8. The van der Waals surface area contributed by atoms with E-state index in [0.717, 1.165) is 0 Å². The molecule has 0 bridgehead atoms. The molecular formula is C49H91N3O30. The predicted molar refractivity (Wildman–Crippen MR) is 273 cm³/mol. The number of hydrogen-bond donors (Lipinski definition) is 15. The molecule has 3 rings (SSSR count). The van der Waals surface area contributed by atoms with Gasteiger partial charge in [-0.3, -0.25) is 14.4 Å². The number of rotatable bonds is 48. The molecule has 3 amide bonds. The number of aliphatic hydroxyl groups is 12. The third kappa shape index (κ3) is 29.6. The van der Waals surface area contributed by atoms with Gasteiger partial charge < -0.3 is 148 Å². The standard InChI is InChI=1S/C49H91N3O30/c53-25-32-38(59)41(62)44(65)47(80-32)77-22-19-71-16-13-68-10-4-50-35(56)1-7-74-28-31(29-75-8-2-36(57)51-5-11-69-14-17-72-20-23-78-48-45(66)42(63)39(60)33(26-54)81-48)30-76-9-3-37(58)52-6-12-70-15-18-73-21-24-79-49-46(67)43(64)40(61)34(27-55)82-49/h31-34,38-49,53-55,59-67H,1-30H2,(H,50,56)(H,51,57)(H,52,58)/t31?,32?,33?,34?,38-,39-,40+,41?,42?,43?,44?,45?,46?,47+,48+,49+/m1/s1. The lowest BCUT2D eigenvalue weighted by atomic mass is 9.99. The smallest absolute Gasteiger partial charge is 0.222 e. The molecule has 3 aliphatic heterocycles. The summed E-state index contributed by atoms with van der Waals surface area (Å²) in [5.74, 6) is -1.16. The molecule has 15 N–H and O–H groups in total. The highest BCUT2D eigenvalue weighted by Crippen LogP contribution is 2.24. The minimum atomic E-state index is -1.55. The first-order valence-corrected chi connectivity index (χ1v) is 27.4. The van der Waals surface area contributed by atoms with E-state index in [0.29, 0.717) is 0 Å². The Bertz CT molecular complexity index is 1450. The van der Waals surface area contributed by atoms with Crippen LogP contribution in [-0.2, 0) is 85.4 Å². The number of nitrogens with one attached hydrogen (secondary N) is 3. The van der Waals surface area contributed by atoms with E-state index in [1.165, 1.54) is 0 Å². The molecule has 82 heavy (non-hydrogen) atoms. The topological polar surface area (TPSA) is 469 Å². The second-order valence-electron chi connectivity index (χ2n) is 18.8. The van der Waals surface area contributed by atoms with Crippen molar-refractivity contribution in [3.63, 3.8) is 0 Å². The van der Waals surface area contributed by atoms with Crippen LogP contribution < -0.4 is 16.0 Å². The van der Waals surface area contributed by atoms with Gasteiger partial charge in [0, 0.05) is 44.8 Å². The molecule has 3 heterocycles. The number of aliphatic hydroxyl groups excluding tert-OH is 12. The fourth-order valence-electron chi connectivity index (χ4n) is 7.69. The van der Waals surface area contributed by atoms with E-state index >= 15 is 0 Å². The fraction of sp³-hybridized carbons (Fsp3) is 0.939. The second kappa shape index (κ2) is 44.7. The van der Waals surface area contributed by atoms with E-state index < -0.39 is 112 Å². The zero-order valence-electron chi connectivity index (χ0n) is 46.2. The van der Waals surface area contributed by atoms with Crippen LogP contribution in [0.15, 0.2) is 0 Å². The van der Waals surface area contributed by atoms with Gasteiger partial charge in [-0.1, -0.05) is 0 Å². The molecule has 9 unspecified atom stereocenters. The second-order valence-corrected chi connectivity index (χ2v) is 18.8. The van der Waals surface area contributed by atoms with Gasteiger partial charge in [0.1, 0.15) is 73.2 Å². The van der Waals surface area contributed by atoms with Crippen LogP contribution in [0.4, 0.5) is 0 Å². The molecule has 0 spiro atoms. The summed E-state index contributed by atoms with van der Waals surface area (Å²) in [6, 6.07) is 0. The van der Waals surface area contributed by atoms with Crippen molar-refractivity contribution in [3.8, 4) is 0 Å². The highest BCUT2D eigenvalue weighted by molar-refractivity contribution is 5.76. The van der Waals surface area contributed by atoms with Crippen molar-refractivity contribution in [1.82, 2.24) is 16.0 Å². The Morgan fingerprint density at radius 1 is 0.317 bits per heavy atom.